The van der Waals surface area contributed by atoms with Gasteiger partial charge in [-0.25, -0.2) is 4.79 Å². The highest BCUT2D eigenvalue weighted by atomic mass is 16.5. The minimum absolute atomic E-state index is 0.163. The number of ether oxygens (including phenoxy) is 2. The second-order valence-electron chi connectivity index (χ2n) is 6.13. The van der Waals surface area contributed by atoms with Crippen molar-refractivity contribution in [1.82, 2.24) is 5.32 Å². The lowest BCUT2D eigenvalue weighted by Gasteiger charge is -2.32. The summed E-state index contributed by atoms with van der Waals surface area (Å²) in [4.78, 5) is 12.3. The summed E-state index contributed by atoms with van der Waals surface area (Å²) < 4.78 is 10.9. The average molecular weight is 299 g/mol. The molecule has 0 aromatic heterocycles. The predicted molar refractivity (Wildman–Crippen MR) is 85.3 cm³/mol. The third kappa shape index (κ3) is 5.95. The van der Waals surface area contributed by atoms with E-state index in [0.29, 0.717) is 12.5 Å². The molecule has 0 radical (unpaired) electrons. The van der Waals surface area contributed by atoms with Gasteiger partial charge in [0.1, 0.15) is 5.54 Å². The van der Waals surface area contributed by atoms with Crippen LogP contribution in [0.25, 0.3) is 0 Å². The SMILES string of the molecule is CCCCCCCOCC(NCCC)(C(=O)OC)C1CC1. The van der Waals surface area contributed by atoms with Gasteiger partial charge in [-0.3, -0.25) is 5.32 Å². The first-order valence-corrected chi connectivity index (χ1v) is 8.62. The molecule has 4 heteroatoms. The number of carbonyl (C=O) groups excluding carboxylic acids is 1. The molecule has 1 rings (SSSR count). The molecule has 1 aliphatic carbocycles. The molecule has 1 fully saturated rings. The van der Waals surface area contributed by atoms with E-state index in [1.165, 1.54) is 32.8 Å². The Morgan fingerprint density at radius 2 is 1.86 bits per heavy atom. The molecule has 0 aromatic carbocycles. The number of methoxy groups -OCH3 is 1. The van der Waals surface area contributed by atoms with Crippen molar-refractivity contribution < 1.29 is 14.3 Å². The minimum atomic E-state index is -0.617. The fraction of sp³-hybridized carbons (Fsp3) is 0.941. The van der Waals surface area contributed by atoms with E-state index in [9.17, 15) is 4.79 Å². The van der Waals surface area contributed by atoms with E-state index in [1.807, 2.05) is 0 Å². The summed E-state index contributed by atoms with van der Waals surface area (Å²) in [7, 11) is 1.47. The van der Waals surface area contributed by atoms with E-state index in [0.717, 1.165) is 38.8 Å². The van der Waals surface area contributed by atoms with Gasteiger partial charge >= 0.3 is 5.97 Å². The first-order chi connectivity index (χ1) is 10.2. The standard InChI is InChI=1S/C17H33NO3/c1-4-6-7-8-9-13-21-14-17(15-10-11-15,16(19)20-3)18-12-5-2/h15,18H,4-14H2,1-3H3. The van der Waals surface area contributed by atoms with Gasteiger partial charge in [-0.05, 0) is 38.1 Å². The summed E-state index contributed by atoms with van der Waals surface area (Å²) in [5.74, 6) is 0.209. The van der Waals surface area contributed by atoms with Gasteiger partial charge in [-0.15, -0.1) is 0 Å². The van der Waals surface area contributed by atoms with E-state index in [4.69, 9.17) is 9.47 Å². The summed E-state index contributed by atoms with van der Waals surface area (Å²) in [6, 6.07) is 0. The van der Waals surface area contributed by atoms with Crippen molar-refractivity contribution in [1.29, 1.82) is 0 Å². The predicted octanol–water partition coefficient (Wildman–Crippen LogP) is 3.29. The Hall–Kier alpha value is -0.610. The molecule has 1 saturated carbocycles. The van der Waals surface area contributed by atoms with Crippen LogP contribution in [0.1, 0.15) is 65.2 Å². The number of esters is 1. The Morgan fingerprint density at radius 1 is 1.14 bits per heavy atom. The van der Waals surface area contributed by atoms with Crippen LogP contribution in [0.15, 0.2) is 0 Å². The highest BCUT2D eigenvalue weighted by Crippen LogP contribution is 2.40. The maximum atomic E-state index is 12.3. The van der Waals surface area contributed by atoms with Crippen molar-refractivity contribution in [3.05, 3.63) is 0 Å². The first-order valence-electron chi connectivity index (χ1n) is 8.62. The van der Waals surface area contributed by atoms with Crippen LogP contribution in [0, 0.1) is 5.92 Å². The molecule has 1 unspecified atom stereocenters. The van der Waals surface area contributed by atoms with E-state index in [1.54, 1.807) is 0 Å². The summed E-state index contributed by atoms with van der Waals surface area (Å²) in [6.45, 7) is 6.33. The number of hydrogen-bond acceptors (Lipinski definition) is 4. The van der Waals surface area contributed by atoms with Crippen LogP contribution in [-0.4, -0.2) is 38.4 Å². The fourth-order valence-electron chi connectivity index (χ4n) is 2.76. The molecule has 21 heavy (non-hydrogen) atoms. The monoisotopic (exact) mass is 299 g/mol. The Balaban J connectivity index is 2.39. The Kier molecular flexibility index (Phi) is 8.93. The van der Waals surface area contributed by atoms with Gasteiger partial charge in [0.15, 0.2) is 0 Å². The summed E-state index contributed by atoms with van der Waals surface area (Å²) in [5, 5.41) is 3.41. The van der Waals surface area contributed by atoms with Gasteiger partial charge < -0.3 is 9.47 Å². The zero-order valence-corrected chi connectivity index (χ0v) is 14.1. The van der Waals surface area contributed by atoms with E-state index < -0.39 is 5.54 Å². The number of unbranched alkanes of at least 4 members (excludes halogenated alkanes) is 4. The number of carbonyl (C=O) groups is 1. The first kappa shape index (κ1) is 18.4. The molecule has 0 spiro atoms. The lowest BCUT2D eigenvalue weighted by atomic mass is 9.94. The van der Waals surface area contributed by atoms with Gasteiger partial charge in [0.2, 0.25) is 0 Å². The summed E-state index contributed by atoms with van der Waals surface area (Å²) >= 11 is 0. The third-order valence-corrected chi connectivity index (χ3v) is 4.24. The third-order valence-electron chi connectivity index (χ3n) is 4.24. The average Bonchev–Trinajstić information content (AvgIpc) is 3.34. The molecule has 0 amide bonds. The van der Waals surface area contributed by atoms with Crippen LogP contribution in [0.3, 0.4) is 0 Å². The van der Waals surface area contributed by atoms with Crippen LogP contribution >= 0.6 is 0 Å². The highest BCUT2D eigenvalue weighted by molar-refractivity contribution is 5.82. The second-order valence-corrected chi connectivity index (χ2v) is 6.13. The summed E-state index contributed by atoms with van der Waals surface area (Å²) in [5.41, 5.74) is -0.617. The molecule has 1 aliphatic rings. The molecule has 124 valence electrons. The molecule has 1 N–H and O–H groups in total. The number of hydrogen-bond donors (Lipinski definition) is 1. The lowest BCUT2D eigenvalue weighted by molar-refractivity contribution is -0.153. The smallest absolute Gasteiger partial charge is 0.328 e. The Morgan fingerprint density at radius 3 is 2.43 bits per heavy atom. The van der Waals surface area contributed by atoms with Crippen molar-refractivity contribution in [2.75, 3.05) is 26.9 Å². The van der Waals surface area contributed by atoms with Crippen molar-refractivity contribution >= 4 is 5.97 Å². The van der Waals surface area contributed by atoms with Gasteiger partial charge in [0.05, 0.1) is 13.7 Å². The Labute approximate surface area is 130 Å². The van der Waals surface area contributed by atoms with Crippen LogP contribution in [0.4, 0.5) is 0 Å². The van der Waals surface area contributed by atoms with E-state index in [-0.39, 0.29) is 5.97 Å². The minimum Gasteiger partial charge on any atom is -0.468 e. The van der Waals surface area contributed by atoms with Crippen molar-refractivity contribution in [3.8, 4) is 0 Å². The van der Waals surface area contributed by atoms with Crippen molar-refractivity contribution in [3.63, 3.8) is 0 Å². The van der Waals surface area contributed by atoms with Gasteiger partial charge in [0.25, 0.3) is 0 Å². The van der Waals surface area contributed by atoms with Gasteiger partial charge in [-0.1, -0.05) is 39.5 Å². The maximum Gasteiger partial charge on any atom is 0.328 e. The molecular formula is C17H33NO3. The van der Waals surface area contributed by atoms with Crippen LogP contribution < -0.4 is 5.32 Å². The quantitative estimate of drug-likeness (QED) is 0.419. The molecule has 0 bridgehead atoms. The largest absolute Gasteiger partial charge is 0.468 e. The zero-order chi connectivity index (χ0) is 15.6. The Bertz CT molecular complexity index is 292. The molecular weight excluding hydrogens is 266 g/mol. The van der Waals surface area contributed by atoms with Crippen molar-refractivity contribution in [2.24, 2.45) is 5.92 Å². The second kappa shape index (κ2) is 10.2. The molecule has 0 saturated heterocycles. The van der Waals surface area contributed by atoms with Crippen LogP contribution in [-0.2, 0) is 14.3 Å². The van der Waals surface area contributed by atoms with Crippen LogP contribution in [0.5, 0.6) is 0 Å². The van der Waals surface area contributed by atoms with Gasteiger partial charge in [-0.2, -0.15) is 0 Å². The van der Waals surface area contributed by atoms with Gasteiger partial charge in [0, 0.05) is 6.61 Å². The lowest BCUT2D eigenvalue weighted by Crippen LogP contribution is -2.58. The molecule has 0 aromatic rings. The zero-order valence-electron chi connectivity index (χ0n) is 14.1. The maximum absolute atomic E-state index is 12.3. The fourth-order valence-corrected chi connectivity index (χ4v) is 2.76. The van der Waals surface area contributed by atoms with Crippen molar-refractivity contribution in [2.45, 2.75) is 70.8 Å². The molecule has 0 heterocycles. The topological polar surface area (TPSA) is 47.6 Å². The summed E-state index contributed by atoms with van der Waals surface area (Å²) in [6.07, 6.45) is 9.31. The van der Waals surface area contributed by atoms with Crippen LogP contribution in [0.2, 0.25) is 0 Å². The normalized spacial score (nSPS) is 17.5. The molecule has 0 aliphatic heterocycles. The molecule has 1 atom stereocenters. The van der Waals surface area contributed by atoms with E-state index >= 15 is 0 Å². The molecule has 4 nitrogen and oxygen atoms in total. The highest BCUT2D eigenvalue weighted by Gasteiger charge is 2.51. The number of nitrogens with one attached hydrogen (secondary N) is 1. The van der Waals surface area contributed by atoms with E-state index in [2.05, 4.69) is 19.2 Å². The number of rotatable bonds is 13.